The summed E-state index contributed by atoms with van der Waals surface area (Å²) >= 11 is 1.65. The number of aliphatic hydroxyl groups excluding tert-OH is 1. The Morgan fingerprint density at radius 2 is 1.86 bits per heavy atom. The molecule has 0 unspecified atom stereocenters. The van der Waals surface area contributed by atoms with Gasteiger partial charge in [-0.25, -0.2) is 0 Å². The number of amides is 1. The molecule has 3 rings (SSSR count). The van der Waals surface area contributed by atoms with Crippen molar-refractivity contribution in [1.29, 1.82) is 0 Å². The molecular weight excluding hydrogens is 294 g/mol. The Labute approximate surface area is 135 Å². The first kappa shape index (κ1) is 15.3. The predicted octanol–water partition coefficient (Wildman–Crippen LogP) is 3.09. The van der Waals surface area contributed by atoms with Crippen LogP contribution in [0.3, 0.4) is 0 Å². The number of aryl methyl sites for hydroxylation is 2. The summed E-state index contributed by atoms with van der Waals surface area (Å²) in [5, 5.41) is 12.0. The van der Waals surface area contributed by atoms with Crippen molar-refractivity contribution in [3.63, 3.8) is 0 Å². The molecule has 0 bridgehead atoms. The number of benzene rings is 1. The van der Waals surface area contributed by atoms with Gasteiger partial charge in [-0.1, -0.05) is 24.3 Å². The van der Waals surface area contributed by atoms with Crippen LogP contribution in [-0.2, 0) is 25.9 Å². The third kappa shape index (κ3) is 3.57. The Morgan fingerprint density at radius 3 is 2.59 bits per heavy atom. The summed E-state index contributed by atoms with van der Waals surface area (Å²) in [4.78, 5) is 14.5. The molecule has 0 spiro atoms. The van der Waals surface area contributed by atoms with E-state index in [1.54, 1.807) is 11.3 Å². The minimum absolute atomic E-state index is 0.0476. The Kier molecular flexibility index (Phi) is 4.90. The predicted molar refractivity (Wildman–Crippen MR) is 89.4 cm³/mol. The molecule has 22 heavy (non-hydrogen) atoms. The van der Waals surface area contributed by atoms with Gasteiger partial charge in [-0.3, -0.25) is 4.79 Å². The Bertz CT molecular complexity index is 622. The quantitative estimate of drug-likeness (QED) is 0.891. The number of nitrogens with one attached hydrogen (secondary N) is 1. The van der Waals surface area contributed by atoms with Gasteiger partial charge >= 0.3 is 0 Å². The first-order valence-electron chi connectivity index (χ1n) is 7.85. The molecule has 1 aromatic heterocycles. The molecule has 0 saturated carbocycles. The number of carbonyl (C=O) groups excluding carboxylic acids is 1. The Hall–Kier alpha value is -1.65. The zero-order valence-electron chi connectivity index (χ0n) is 12.6. The highest BCUT2D eigenvalue weighted by atomic mass is 32.1. The first-order valence-corrected chi connectivity index (χ1v) is 8.66. The van der Waals surface area contributed by atoms with Crippen molar-refractivity contribution in [2.75, 3.05) is 6.54 Å². The molecule has 1 heterocycles. The van der Waals surface area contributed by atoms with E-state index in [9.17, 15) is 4.79 Å². The fourth-order valence-corrected chi connectivity index (χ4v) is 3.99. The summed E-state index contributed by atoms with van der Waals surface area (Å²) in [6.07, 6.45) is 5.55. The van der Waals surface area contributed by atoms with Crippen LogP contribution in [0, 0.1) is 0 Å². The number of rotatable bonds is 5. The first-order chi connectivity index (χ1) is 10.8. The van der Waals surface area contributed by atoms with Gasteiger partial charge in [-0.05, 0) is 54.9 Å². The highest BCUT2D eigenvalue weighted by Crippen LogP contribution is 2.29. The normalized spacial score (nSPS) is 13.7. The second-order valence-electron chi connectivity index (χ2n) is 5.75. The third-order valence-corrected chi connectivity index (χ3v) is 5.36. The van der Waals surface area contributed by atoms with Crippen molar-refractivity contribution in [3.05, 3.63) is 56.8 Å². The second kappa shape index (κ2) is 7.07. The minimum Gasteiger partial charge on any atom is -0.392 e. The Morgan fingerprint density at radius 1 is 1.14 bits per heavy atom. The van der Waals surface area contributed by atoms with Crippen molar-refractivity contribution in [1.82, 2.24) is 5.32 Å². The lowest BCUT2D eigenvalue weighted by atomic mass is 9.99. The summed E-state index contributed by atoms with van der Waals surface area (Å²) in [5.74, 6) is 0.0476. The molecule has 0 atom stereocenters. The summed E-state index contributed by atoms with van der Waals surface area (Å²) in [6.45, 7) is 0.708. The van der Waals surface area contributed by atoms with Crippen molar-refractivity contribution in [3.8, 4) is 0 Å². The van der Waals surface area contributed by atoms with E-state index in [0.717, 1.165) is 29.7 Å². The molecule has 0 aliphatic heterocycles. The van der Waals surface area contributed by atoms with Crippen LogP contribution in [0.25, 0.3) is 0 Å². The van der Waals surface area contributed by atoms with Crippen LogP contribution >= 0.6 is 11.3 Å². The molecule has 116 valence electrons. The molecule has 0 radical (unpaired) electrons. The molecule has 1 aliphatic rings. The van der Waals surface area contributed by atoms with E-state index < -0.39 is 0 Å². The van der Waals surface area contributed by atoms with Gasteiger partial charge in [0.25, 0.3) is 5.91 Å². The maximum absolute atomic E-state index is 12.2. The molecule has 4 heteroatoms. The SMILES string of the molecule is O=C(NCCc1ccc(CO)cc1)c1cc2c(s1)CCCC2. The third-order valence-electron chi connectivity index (χ3n) is 4.13. The Balaban J connectivity index is 1.52. The van der Waals surface area contributed by atoms with Crippen LogP contribution in [-0.4, -0.2) is 17.6 Å². The van der Waals surface area contributed by atoms with E-state index in [2.05, 4.69) is 11.4 Å². The van der Waals surface area contributed by atoms with Crippen LogP contribution < -0.4 is 5.32 Å². The van der Waals surface area contributed by atoms with E-state index >= 15 is 0 Å². The molecule has 0 saturated heterocycles. The number of aliphatic hydroxyl groups is 1. The van der Waals surface area contributed by atoms with E-state index in [-0.39, 0.29) is 12.5 Å². The van der Waals surface area contributed by atoms with E-state index in [4.69, 9.17) is 5.11 Å². The van der Waals surface area contributed by atoms with Gasteiger partial charge in [0.1, 0.15) is 0 Å². The molecule has 0 fully saturated rings. The highest BCUT2D eigenvalue weighted by molar-refractivity contribution is 7.14. The summed E-state index contributed by atoms with van der Waals surface area (Å²) in [6, 6.07) is 9.92. The lowest BCUT2D eigenvalue weighted by molar-refractivity contribution is 0.0958. The number of fused-ring (bicyclic) bond motifs is 1. The van der Waals surface area contributed by atoms with Crippen molar-refractivity contribution in [2.45, 2.75) is 38.7 Å². The summed E-state index contributed by atoms with van der Waals surface area (Å²) in [7, 11) is 0. The number of thiophene rings is 1. The standard InChI is InChI=1S/C18H21NO2S/c20-12-14-7-5-13(6-8-14)9-10-19-18(21)17-11-15-3-1-2-4-16(15)22-17/h5-8,11,20H,1-4,9-10,12H2,(H,19,21). The van der Waals surface area contributed by atoms with Crippen LogP contribution in [0.5, 0.6) is 0 Å². The highest BCUT2D eigenvalue weighted by Gasteiger charge is 2.16. The number of hydrogen-bond acceptors (Lipinski definition) is 3. The topological polar surface area (TPSA) is 49.3 Å². The van der Waals surface area contributed by atoms with Gasteiger partial charge in [0.2, 0.25) is 0 Å². The van der Waals surface area contributed by atoms with Gasteiger partial charge in [-0.2, -0.15) is 0 Å². The molecule has 2 aromatic rings. The molecule has 3 nitrogen and oxygen atoms in total. The van der Waals surface area contributed by atoms with Crippen molar-refractivity contribution in [2.24, 2.45) is 0 Å². The van der Waals surface area contributed by atoms with E-state index in [1.807, 2.05) is 24.3 Å². The van der Waals surface area contributed by atoms with Gasteiger partial charge in [0.15, 0.2) is 0 Å². The summed E-state index contributed by atoms with van der Waals surface area (Å²) < 4.78 is 0. The monoisotopic (exact) mass is 315 g/mol. The maximum atomic E-state index is 12.2. The zero-order valence-corrected chi connectivity index (χ0v) is 13.4. The van der Waals surface area contributed by atoms with Crippen LogP contribution in [0.15, 0.2) is 30.3 Å². The average Bonchev–Trinajstić information content (AvgIpc) is 2.99. The number of hydrogen-bond donors (Lipinski definition) is 2. The van der Waals surface area contributed by atoms with Crippen LogP contribution in [0.2, 0.25) is 0 Å². The molecule has 1 amide bonds. The fourth-order valence-electron chi connectivity index (χ4n) is 2.82. The van der Waals surface area contributed by atoms with Gasteiger partial charge < -0.3 is 10.4 Å². The number of carbonyl (C=O) groups is 1. The molecule has 2 N–H and O–H groups in total. The van der Waals surface area contributed by atoms with Gasteiger partial charge in [0.05, 0.1) is 11.5 Å². The van der Waals surface area contributed by atoms with Crippen molar-refractivity contribution >= 4 is 17.2 Å². The minimum atomic E-state index is 0.0476. The van der Waals surface area contributed by atoms with Crippen molar-refractivity contribution < 1.29 is 9.90 Å². The van der Waals surface area contributed by atoms with E-state index in [1.165, 1.54) is 28.8 Å². The zero-order chi connectivity index (χ0) is 15.4. The summed E-state index contributed by atoms with van der Waals surface area (Å²) in [5.41, 5.74) is 3.46. The average molecular weight is 315 g/mol. The van der Waals surface area contributed by atoms with E-state index in [0.29, 0.717) is 6.54 Å². The molecule has 1 aliphatic carbocycles. The smallest absolute Gasteiger partial charge is 0.261 e. The lowest BCUT2D eigenvalue weighted by Crippen LogP contribution is -2.24. The largest absolute Gasteiger partial charge is 0.392 e. The van der Waals surface area contributed by atoms with Crippen LogP contribution in [0.1, 0.15) is 44.1 Å². The van der Waals surface area contributed by atoms with Gasteiger partial charge in [0, 0.05) is 11.4 Å². The molecule has 1 aromatic carbocycles. The molecular formula is C18H21NO2S. The lowest BCUT2D eigenvalue weighted by Gasteiger charge is -2.08. The van der Waals surface area contributed by atoms with Gasteiger partial charge in [-0.15, -0.1) is 11.3 Å². The van der Waals surface area contributed by atoms with Crippen LogP contribution in [0.4, 0.5) is 0 Å². The second-order valence-corrected chi connectivity index (χ2v) is 6.88. The maximum Gasteiger partial charge on any atom is 0.261 e. The fraction of sp³-hybridized carbons (Fsp3) is 0.389.